The zero-order valence-corrected chi connectivity index (χ0v) is 19.0. The van der Waals surface area contributed by atoms with Crippen LogP contribution in [-0.2, 0) is 9.59 Å². The van der Waals surface area contributed by atoms with Crippen LogP contribution in [0.2, 0.25) is 0 Å². The number of thioether (sulfide) groups is 1. The maximum atomic E-state index is 13.7. The molecule has 1 heterocycles. The lowest BCUT2D eigenvalue weighted by atomic mass is 10.2. The Labute approximate surface area is 196 Å². The van der Waals surface area contributed by atoms with Crippen LogP contribution >= 0.6 is 34.4 Å². The van der Waals surface area contributed by atoms with Crippen LogP contribution in [0.1, 0.15) is 16.8 Å². The second kappa shape index (κ2) is 9.19. The highest BCUT2D eigenvalue weighted by Crippen LogP contribution is 2.34. The second-order valence-corrected chi connectivity index (χ2v) is 9.33. The van der Waals surface area contributed by atoms with E-state index in [0.717, 1.165) is 8.47 Å². The molecule has 3 aromatic rings. The molecule has 0 saturated carbocycles. The summed E-state index contributed by atoms with van der Waals surface area (Å²) >= 11 is 3.47. The van der Waals surface area contributed by atoms with Gasteiger partial charge in [-0.05, 0) is 83.3 Å². The highest BCUT2D eigenvalue weighted by Gasteiger charge is 2.40. The molecule has 3 amide bonds. The summed E-state index contributed by atoms with van der Waals surface area (Å²) in [6.07, 6.45) is 0.126. The number of benzene rings is 3. The van der Waals surface area contributed by atoms with Gasteiger partial charge in [-0.2, -0.15) is 0 Å². The van der Waals surface area contributed by atoms with Crippen LogP contribution in [-0.4, -0.2) is 23.0 Å². The third kappa shape index (κ3) is 4.80. The van der Waals surface area contributed by atoms with Crippen LogP contribution in [0.5, 0.6) is 0 Å². The lowest BCUT2D eigenvalue weighted by Gasteiger charge is -2.15. The molecule has 1 aliphatic heterocycles. The molecule has 0 radical (unpaired) electrons. The molecule has 0 spiro atoms. The van der Waals surface area contributed by atoms with Crippen molar-refractivity contribution in [3.8, 4) is 0 Å². The second-order valence-electron chi connectivity index (χ2n) is 6.81. The first kappa shape index (κ1) is 21.5. The van der Waals surface area contributed by atoms with Crippen molar-refractivity contribution in [2.45, 2.75) is 16.6 Å². The molecule has 156 valence electrons. The molecule has 8 heteroatoms. The van der Waals surface area contributed by atoms with Gasteiger partial charge in [0.2, 0.25) is 11.8 Å². The van der Waals surface area contributed by atoms with E-state index < -0.39 is 17.0 Å². The monoisotopic (exact) mass is 546 g/mol. The summed E-state index contributed by atoms with van der Waals surface area (Å²) in [5.41, 5.74) is 1.04. The van der Waals surface area contributed by atoms with E-state index in [4.69, 9.17) is 0 Å². The normalized spacial score (nSPS) is 15.9. The van der Waals surface area contributed by atoms with E-state index in [1.165, 1.54) is 34.9 Å². The molecule has 4 rings (SSSR count). The van der Waals surface area contributed by atoms with Crippen LogP contribution in [0.15, 0.2) is 77.7 Å². The zero-order valence-electron chi connectivity index (χ0n) is 16.0. The first-order valence-electron chi connectivity index (χ1n) is 9.37. The number of imide groups is 1. The quantitative estimate of drug-likeness (QED) is 0.357. The van der Waals surface area contributed by atoms with Gasteiger partial charge in [-0.3, -0.25) is 14.4 Å². The van der Waals surface area contributed by atoms with Gasteiger partial charge in [0.25, 0.3) is 5.91 Å². The summed E-state index contributed by atoms with van der Waals surface area (Å²) in [4.78, 5) is 39.5. The van der Waals surface area contributed by atoms with Crippen LogP contribution in [0.25, 0.3) is 0 Å². The zero-order chi connectivity index (χ0) is 22.0. The molecular formula is C23H16FIN2O3S. The Balaban J connectivity index is 1.41. The molecule has 31 heavy (non-hydrogen) atoms. The summed E-state index contributed by atoms with van der Waals surface area (Å²) in [5.74, 6) is -1.59. The van der Waals surface area contributed by atoms with Crippen molar-refractivity contribution in [3.63, 3.8) is 0 Å². The van der Waals surface area contributed by atoms with Gasteiger partial charge in [0.05, 0.1) is 16.5 Å². The molecule has 3 aromatic carbocycles. The van der Waals surface area contributed by atoms with Gasteiger partial charge in [-0.15, -0.1) is 11.8 Å². The van der Waals surface area contributed by atoms with Crippen LogP contribution in [0.4, 0.5) is 15.8 Å². The fraction of sp³-hybridized carbons (Fsp3) is 0.0870. The van der Waals surface area contributed by atoms with Crippen LogP contribution in [0.3, 0.4) is 0 Å². The van der Waals surface area contributed by atoms with E-state index >= 15 is 0 Å². The Kier molecular flexibility index (Phi) is 6.38. The van der Waals surface area contributed by atoms with E-state index in [1.807, 2.05) is 12.1 Å². The number of rotatable bonds is 5. The number of nitrogens with zero attached hydrogens (tertiary/aromatic N) is 1. The maximum Gasteiger partial charge on any atom is 0.258 e. The summed E-state index contributed by atoms with van der Waals surface area (Å²) in [5, 5.41) is 2.14. The molecule has 0 aromatic heterocycles. The van der Waals surface area contributed by atoms with Crippen molar-refractivity contribution in [2.24, 2.45) is 0 Å². The molecule has 0 bridgehead atoms. The number of hydrogen-bond donors (Lipinski definition) is 1. The first-order valence-corrected chi connectivity index (χ1v) is 11.3. The lowest BCUT2D eigenvalue weighted by molar-refractivity contribution is -0.121. The highest BCUT2D eigenvalue weighted by atomic mass is 127. The van der Waals surface area contributed by atoms with Crippen molar-refractivity contribution in [1.29, 1.82) is 0 Å². The molecule has 1 aliphatic rings. The first-order chi connectivity index (χ1) is 14.9. The summed E-state index contributed by atoms with van der Waals surface area (Å²) in [6, 6.07) is 19.9. The van der Waals surface area contributed by atoms with Crippen molar-refractivity contribution >= 4 is 63.4 Å². The maximum absolute atomic E-state index is 13.7. The minimum absolute atomic E-state index is 0.0355. The number of hydrogen-bond acceptors (Lipinski definition) is 4. The Morgan fingerprint density at radius 2 is 1.68 bits per heavy atom. The standard InChI is InChI=1S/C23H16FIN2O3S/c24-19-4-2-1-3-18(19)22(29)26-15-7-11-17(12-8-15)31-20-13-21(28)27(23(20)30)16-9-5-14(25)6-10-16/h1-12,20H,13H2,(H,26,29). The van der Waals surface area contributed by atoms with Gasteiger partial charge in [0, 0.05) is 20.6 Å². The Bertz CT molecular complexity index is 1150. The minimum atomic E-state index is -0.589. The molecule has 1 N–H and O–H groups in total. The smallest absolute Gasteiger partial charge is 0.258 e. The number of amides is 3. The molecular weight excluding hydrogens is 530 g/mol. The molecule has 1 atom stereocenters. The van der Waals surface area contributed by atoms with Crippen molar-refractivity contribution in [3.05, 3.63) is 87.7 Å². The van der Waals surface area contributed by atoms with Crippen LogP contribution in [0, 0.1) is 9.39 Å². The van der Waals surface area contributed by atoms with Gasteiger partial charge >= 0.3 is 0 Å². The lowest BCUT2D eigenvalue weighted by Crippen LogP contribution is -2.31. The van der Waals surface area contributed by atoms with E-state index in [-0.39, 0.29) is 23.8 Å². The molecule has 0 aliphatic carbocycles. The summed E-state index contributed by atoms with van der Waals surface area (Å²) in [7, 11) is 0. The van der Waals surface area contributed by atoms with Crippen molar-refractivity contribution < 1.29 is 18.8 Å². The largest absolute Gasteiger partial charge is 0.322 e. The van der Waals surface area contributed by atoms with Gasteiger partial charge in [0.1, 0.15) is 5.82 Å². The van der Waals surface area contributed by atoms with E-state index in [1.54, 1.807) is 42.5 Å². The highest BCUT2D eigenvalue weighted by molar-refractivity contribution is 14.1. The Hall–Kier alpha value is -2.72. The number of carbonyl (C=O) groups is 3. The number of halogens is 2. The summed E-state index contributed by atoms with van der Waals surface area (Å²) < 4.78 is 14.8. The average molecular weight is 546 g/mol. The van der Waals surface area contributed by atoms with E-state index in [2.05, 4.69) is 27.9 Å². The van der Waals surface area contributed by atoms with Gasteiger partial charge in [0.15, 0.2) is 0 Å². The molecule has 1 fully saturated rings. The number of anilines is 2. The predicted molar refractivity (Wildman–Crippen MR) is 127 cm³/mol. The van der Waals surface area contributed by atoms with Crippen LogP contribution < -0.4 is 10.2 Å². The van der Waals surface area contributed by atoms with E-state index in [0.29, 0.717) is 11.4 Å². The topological polar surface area (TPSA) is 66.5 Å². The molecule has 1 saturated heterocycles. The van der Waals surface area contributed by atoms with Gasteiger partial charge < -0.3 is 5.32 Å². The summed E-state index contributed by atoms with van der Waals surface area (Å²) in [6.45, 7) is 0. The minimum Gasteiger partial charge on any atom is -0.322 e. The van der Waals surface area contributed by atoms with Crippen molar-refractivity contribution in [1.82, 2.24) is 0 Å². The van der Waals surface area contributed by atoms with E-state index in [9.17, 15) is 18.8 Å². The fourth-order valence-corrected chi connectivity index (χ4v) is 4.60. The Morgan fingerprint density at radius 3 is 2.35 bits per heavy atom. The number of carbonyl (C=O) groups excluding carboxylic acids is 3. The molecule has 5 nitrogen and oxygen atoms in total. The third-order valence-corrected chi connectivity index (χ3v) is 6.62. The van der Waals surface area contributed by atoms with Crippen molar-refractivity contribution in [2.75, 3.05) is 10.2 Å². The Morgan fingerprint density at radius 1 is 1.00 bits per heavy atom. The molecule has 1 unspecified atom stereocenters. The third-order valence-electron chi connectivity index (χ3n) is 4.70. The average Bonchev–Trinajstić information content (AvgIpc) is 3.03. The number of nitrogens with one attached hydrogen (secondary N) is 1. The predicted octanol–water partition coefficient (Wildman–Crippen LogP) is 5.11. The van der Waals surface area contributed by atoms with Gasteiger partial charge in [-0.25, -0.2) is 9.29 Å². The fourth-order valence-electron chi connectivity index (χ4n) is 3.18. The SMILES string of the molecule is O=C(Nc1ccc(SC2CC(=O)N(c3ccc(I)cc3)C2=O)cc1)c1ccccc1F. The van der Waals surface area contributed by atoms with Gasteiger partial charge in [-0.1, -0.05) is 12.1 Å².